The smallest absolute Gasteiger partial charge is 0.142 e. The predicted octanol–water partition coefficient (Wildman–Crippen LogP) is 2.58. The summed E-state index contributed by atoms with van der Waals surface area (Å²) >= 11 is 5.96. The van der Waals surface area contributed by atoms with Crippen molar-refractivity contribution in [3.8, 4) is 11.3 Å². The molecule has 3 rings (SSSR count). The third-order valence-electron chi connectivity index (χ3n) is 2.41. The molecule has 0 unspecified atom stereocenters. The maximum atomic E-state index is 13.2. The molecular weight excluding hydrogens is 243 g/mol. The van der Waals surface area contributed by atoms with Crippen LogP contribution < -0.4 is 0 Å². The maximum absolute atomic E-state index is 13.2. The Balaban J connectivity index is 2.34. The van der Waals surface area contributed by atoms with Crippen LogP contribution in [0.3, 0.4) is 0 Å². The molecule has 84 valence electrons. The molecule has 3 aromatic heterocycles. The Labute approximate surface area is 101 Å². The fourth-order valence-electron chi connectivity index (χ4n) is 1.66. The monoisotopic (exact) mass is 248 g/mol. The zero-order valence-corrected chi connectivity index (χ0v) is 9.26. The van der Waals surface area contributed by atoms with Crippen molar-refractivity contribution in [3.63, 3.8) is 0 Å². The Morgan fingerprint density at radius 1 is 1.24 bits per heavy atom. The molecule has 0 saturated carbocycles. The first-order valence-electron chi connectivity index (χ1n) is 4.86. The van der Waals surface area contributed by atoms with E-state index in [4.69, 9.17) is 11.6 Å². The number of nitrogens with zero attached hydrogens (tertiary/aromatic N) is 4. The third-order valence-corrected chi connectivity index (χ3v) is 2.71. The lowest BCUT2D eigenvalue weighted by molar-refractivity contribution is 0.622. The first-order chi connectivity index (χ1) is 8.25. The van der Waals surface area contributed by atoms with Gasteiger partial charge in [0.25, 0.3) is 0 Å². The van der Waals surface area contributed by atoms with E-state index in [9.17, 15) is 4.39 Å². The minimum atomic E-state index is -0.443. The maximum Gasteiger partial charge on any atom is 0.142 e. The number of fused-ring (bicyclic) bond motifs is 1. The summed E-state index contributed by atoms with van der Waals surface area (Å²) in [6, 6.07) is 6.79. The van der Waals surface area contributed by atoms with Gasteiger partial charge in [0.2, 0.25) is 0 Å². The highest BCUT2D eigenvalue weighted by atomic mass is 35.5. The fourth-order valence-corrected chi connectivity index (χ4v) is 1.86. The van der Waals surface area contributed by atoms with Crippen LogP contribution in [0.4, 0.5) is 4.39 Å². The van der Waals surface area contributed by atoms with Crippen molar-refractivity contribution in [1.29, 1.82) is 0 Å². The molecule has 0 bridgehead atoms. The van der Waals surface area contributed by atoms with Gasteiger partial charge in [-0.1, -0.05) is 22.9 Å². The van der Waals surface area contributed by atoms with E-state index < -0.39 is 5.82 Å². The van der Waals surface area contributed by atoms with Crippen molar-refractivity contribution in [2.45, 2.75) is 0 Å². The van der Waals surface area contributed by atoms with Gasteiger partial charge >= 0.3 is 0 Å². The van der Waals surface area contributed by atoms with Crippen LogP contribution in [-0.4, -0.2) is 19.8 Å². The molecule has 0 saturated heterocycles. The fraction of sp³-hybridized carbons (Fsp3) is 0. The Hall–Kier alpha value is -2.01. The Kier molecular flexibility index (Phi) is 2.26. The van der Waals surface area contributed by atoms with Crippen molar-refractivity contribution in [3.05, 3.63) is 47.6 Å². The second kappa shape index (κ2) is 3.78. The molecule has 0 N–H and O–H groups in total. The molecule has 6 heteroatoms. The summed E-state index contributed by atoms with van der Waals surface area (Å²) in [7, 11) is 0. The Morgan fingerprint density at radius 3 is 3.00 bits per heavy atom. The van der Waals surface area contributed by atoms with Crippen molar-refractivity contribution in [2.75, 3.05) is 0 Å². The van der Waals surface area contributed by atoms with Gasteiger partial charge in [-0.2, -0.15) is 0 Å². The van der Waals surface area contributed by atoms with Gasteiger partial charge in [0.15, 0.2) is 0 Å². The number of pyridine rings is 2. The Morgan fingerprint density at radius 2 is 2.12 bits per heavy atom. The lowest BCUT2D eigenvalue weighted by Gasteiger charge is -2.05. The van der Waals surface area contributed by atoms with Gasteiger partial charge in [-0.15, -0.1) is 5.10 Å². The van der Waals surface area contributed by atoms with E-state index in [1.165, 1.54) is 6.07 Å². The Bertz CT molecular complexity index is 695. The van der Waals surface area contributed by atoms with Gasteiger partial charge in [-0.25, -0.2) is 13.9 Å². The highest BCUT2D eigenvalue weighted by Crippen LogP contribution is 2.26. The second-order valence-electron chi connectivity index (χ2n) is 3.47. The zero-order chi connectivity index (χ0) is 11.8. The van der Waals surface area contributed by atoms with Crippen LogP contribution in [0.15, 0.2) is 36.7 Å². The van der Waals surface area contributed by atoms with Crippen LogP contribution in [0.25, 0.3) is 16.8 Å². The molecule has 0 aliphatic carbocycles. The third kappa shape index (κ3) is 1.64. The van der Waals surface area contributed by atoms with Crippen LogP contribution in [0, 0.1) is 5.82 Å². The van der Waals surface area contributed by atoms with E-state index in [-0.39, 0.29) is 5.15 Å². The summed E-state index contributed by atoms with van der Waals surface area (Å²) in [5, 5.41) is 7.95. The molecule has 0 atom stereocenters. The average Bonchev–Trinajstić information content (AvgIpc) is 2.80. The first kappa shape index (κ1) is 10.2. The molecular formula is C11H6ClFN4. The summed E-state index contributed by atoms with van der Waals surface area (Å²) in [6.45, 7) is 0. The lowest BCUT2D eigenvalue weighted by Crippen LogP contribution is -1.96. The number of hydrogen-bond donors (Lipinski definition) is 0. The van der Waals surface area contributed by atoms with Crippen molar-refractivity contribution >= 4 is 17.1 Å². The minimum absolute atomic E-state index is 0.231. The van der Waals surface area contributed by atoms with E-state index >= 15 is 0 Å². The van der Waals surface area contributed by atoms with E-state index in [2.05, 4.69) is 15.3 Å². The summed E-state index contributed by atoms with van der Waals surface area (Å²) in [4.78, 5) is 3.78. The van der Waals surface area contributed by atoms with Crippen LogP contribution >= 0.6 is 11.6 Å². The molecule has 0 fully saturated rings. The molecule has 0 radical (unpaired) electrons. The molecule has 4 nitrogen and oxygen atoms in total. The van der Waals surface area contributed by atoms with Crippen LogP contribution in [-0.2, 0) is 0 Å². The predicted molar refractivity (Wildman–Crippen MR) is 61.2 cm³/mol. The lowest BCUT2D eigenvalue weighted by atomic mass is 10.2. The summed E-state index contributed by atoms with van der Waals surface area (Å²) < 4.78 is 14.8. The van der Waals surface area contributed by atoms with E-state index in [0.717, 1.165) is 11.7 Å². The summed E-state index contributed by atoms with van der Waals surface area (Å²) in [6.07, 6.45) is 2.69. The summed E-state index contributed by atoms with van der Waals surface area (Å²) in [5.74, 6) is -0.443. The van der Waals surface area contributed by atoms with Crippen molar-refractivity contribution in [1.82, 2.24) is 19.8 Å². The zero-order valence-electron chi connectivity index (χ0n) is 8.51. The first-order valence-corrected chi connectivity index (χ1v) is 5.24. The van der Waals surface area contributed by atoms with Crippen LogP contribution in [0.2, 0.25) is 5.15 Å². The SMILES string of the molecule is Fc1cnc(Cl)c(-c2cccc3cnnn23)c1. The van der Waals surface area contributed by atoms with Crippen LogP contribution in [0.1, 0.15) is 0 Å². The van der Waals surface area contributed by atoms with Crippen LogP contribution in [0.5, 0.6) is 0 Å². The van der Waals surface area contributed by atoms with Gasteiger partial charge in [-0.05, 0) is 18.2 Å². The van der Waals surface area contributed by atoms with Gasteiger partial charge < -0.3 is 0 Å². The van der Waals surface area contributed by atoms with Gasteiger partial charge in [0.05, 0.1) is 23.6 Å². The van der Waals surface area contributed by atoms with E-state index in [1.54, 1.807) is 16.8 Å². The van der Waals surface area contributed by atoms with Crippen molar-refractivity contribution in [2.24, 2.45) is 0 Å². The number of hydrogen-bond acceptors (Lipinski definition) is 3. The average molecular weight is 249 g/mol. The summed E-state index contributed by atoms with van der Waals surface area (Å²) in [5.41, 5.74) is 1.95. The minimum Gasteiger partial charge on any atom is -0.241 e. The molecule has 17 heavy (non-hydrogen) atoms. The number of halogens is 2. The van der Waals surface area contributed by atoms with E-state index in [1.807, 2.05) is 12.1 Å². The molecule has 0 amide bonds. The number of aromatic nitrogens is 4. The molecule has 0 aliphatic heterocycles. The van der Waals surface area contributed by atoms with Crippen molar-refractivity contribution < 1.29 is 4.39 Å². The molecule has 0 spiro atoms. The topological polar surface area (TPSA) is 43.1 Å². The second-order valence-corrected chi connectivity index (χ2v) is 3.83. The molecule has 3 aromatic rings. The molecule has 3 heterocycles. The highest BCUT2D eigenvalue weighted by molar-refractivity contribution is 6.32. The normalized spacial score (nSPS) is 10.9. The standard InChI is InChI=1S/C11H6ClFN4/c12-11-9(4-7(13)5-14-11)10-3-1-2-8-6-15-16-17(8)10/h1-6H. The molecule has 0 aromatic carbocycles. The quantitative estimate of drug-likeness (QED) is 0.622. The molecule has 0 aliphatic rings. The highest BCUT2D eigenvalue weighted by Gasteiger charge is 2.10. The van der Waals surface area contributed by atoms with E-state index in [0.29, 0.717) is 11.3 Å². The van der Waals surface area contributed by atoms with Gasteiger partial charge in [-0.3, -0.25) is 0 Å². The van der Waals surface area contributed by atoms with Gasteiger partial charge in [0.1, 0.15) is 11.0 Å². The number of rotatable bonds is 1. The largest absolute Gasteiger partial charge is 0.241 e. The van der Waals surface area contributed by atoms with Gasteiger partial charge in [0, 0.05) is 5.56 Å².